The fourth-order valence-corrected chi connectivity index (χ4v) is 7.02. The number of phenolic OH excluding ortho intramolecular Hbond substituents is 1. The topological polar surface area (TPSA) is 142 Å². The van der Waals surface area contributed by atoms with Crippen LogP contribution in [0.5, 0.6) is 5.75 Å². The number of benzene rings is 3. The van der Waals surface area contributed by atoms with Crippen LogP contribution in [0.1, 0.15) is 74.6 Å². The minimum atomic E-state index is -4.03. The van der Waals surface area contributed by atoms with Crippen LogP contribution in [0.3, 0.4) is 0 Å². The molecule has 3 amide bonds. The van der Waals surface area contributed by atoms with Crippen LogP contribution < -0.4 is 16.0 Å². The molecule has 0 spiro atoms. The van der Waals surface area contributed by atoms with Gasteiger partial charge in [0.25, 0.3) is 11.8 Å². The molecule has 0 aliphatic rings. The number of carbonyl (C=O) groups excluding carboxylic acids is 3. The van der Waals surface area contributed by atoms with Crippen LogP contribution in [0.15, 0.2) is 70.5 Å². The van der Waals surface area contributed by atoms with Crippen molar-refractivity contribution in [3.63, 3.8) is 0 Å². The van der Waals surface area contributed by atoms with Crippen molar-refractivity contribution in [2.45, 2.75) is 75.0 Å². The highest BCUT2D eigenvalue weighted by Gasteiger charge is 2.33. The smallest absolute Gasteiger partial charge is 0.255 e. The van der Waals surface area contributed by atoms with E-state index in [1.165, 1.54) is 42.5 Å². The number of sulfone groups is 1. The summed E-state index contributed by atoms with van der Waals surface area (Å²) in [6.07, 6.45) is 1.85. The van der Waals surface area contributed by atoms with Gasteiger partial charge < -0.3 is 21.1 Å². The summed E-state index contributed by atoms with van der Waals surface area (Å²) in [6, 6.07) is 14.9. The molecule has 3 atom stereocenters. The molecule has 0 aliphatic carbocycles. The highest BCUT2D eigenvalue weighted by atomic mass is 35.5. The highest BCUT2D eigenvalue weighted by molar-refractivity contribution is 7.99. The molecule has 0 radical (unpaired) electrons. The molecule has 242 valence electrons. The molecule has 0 aliphatic heterocycles. The molecule has 0 aromatic heterocycles. The molecular weight excluding hydrogens is 634 g/mol. The van der Waals surface area contributed by atoms with Crippen LogP contribution in [0.4, 0.5) is 11.4 Å². The molecule has 0 bridgehead atoms. The van der Waals surface area contributed by atoms with Crippen molar-refractivity contribution in [2.75, 3.05) is 16.4 Å². The Balaban J connectivity index is 1.70. The second kappa shape index (κ2) is 16.1. The van der Waals surface area contributed by atoms with E-state index >= 15 is 0 Å². The number of phenols is 1. The van der Waals surface area contributed by atoms with E-state index in [4.69, 9.17) is 11.6 Å². The summed E-state index contributed by atoms with van der Waals surface area (Å²) >= 11 is 8.02. The third-order valence-electron chi connectivity index (χ3n) is 7.41. The molecular formula is C33H40ClN3O6S2. The summed E-state index contributed by atoms with van der Waals surface area (Å²) in [7, 11) is -4.03. The van der Waals surface area contributed by atoms with Gasteiger partial charge in [0.1, 0.15) is 11.0 Å². The first kappa shape index (κ1) is 35.9. The summed E-state index contributed by atoms with van der Waals surface area (Å²) in [5.74, 6) is -0.549. The molecule has 3 aromatic rings. The Morgan fingerprint density at radius 1 is 0.822 bits per heavy atom. The number of thioether (sulfide) groups is 1. The van der Waals surface area contributed by atoms with Crippen molar-refractivity contribution < 1.29 is 27.9 Å². The maximum atomic E-state index is 13.4. The zero-order chi connectivity index (χ0) is 33.3. The van der Waals surface area contributed by atoms with E-state index in [2.05, 4.69) is 29.8 Å². The zero-order valence-corrected chi connectivity index (χ0v) is 28.4. The Kier molecular flexibility index (Phi) is 12.9. The minimum Gasteiger partial charge on any atom is -0.506 e. The van der Waals surface area contributed by atoms with Crippen LogP contribution >= 0.6 is 23.4 Å². The average Bonchev–Trinajstić information content (AvgIpc) is 3.02. The molecule has 45 heavy (non-hydrogen) atoms. The number of aromatic hydroxyl groups is 1. The van der Waals surface area contributed by atoms with E-state index in [0.29, 0.717) is 11.5 Å². The van der Waals surface area contributed by atoms with Gasteiger partial charge in [0.2, 0.25) is 5.91 Å². The molecule has 4 N–H and O–H groups in total. The van der Waals surface area contributed by atoms with Gasteiger partial charge >= 0.3 is 0 Å². The first-order valence-corrected chi connectivity index (χ1v) is 17.7. The van der Waals surface area contributed by atoms with E-state index < -0.39 is 32.7 Å². The van der Waals surface area contributed by atoms with E-state index in [1.807, 2.05) is 13.8 Å². The summed E-state index contributed by atoms with van der Waals surface area (Å²) in [5, 5.41) is 17.1. The maximum absolute atomic E-state index is 13.4. The normalized spacial score (nSPS) is 13.4. The average molecular weight is 674 g/mol. The number of amides is 3. The standard InChI is InChI=1S/C33H40ClN3O6S2/c1-6-20(4)19-44-24-13-15-25(16-14-24)45(42,43)30(8-3)33(41)36-27-18-29(38)28(17-26(27)34)37-32(40)23-11-9-22(10-12-23)31(39)35-21(5)7-2/h9-18,20-21,30,38H,6-8,19H2,1-5H3,(H,35,39)(H,36,41)(H,37,40). The predicted molar refractivity (Wildman–Crippen MR) is 181 cm³/mol. The predicted octanol–water partition coefficient (Wildman–Crippen LogP) is 7.16. The quantitative estimate of drug-likeness (QED) is 0.105. The van der Waals surface area contributed by atoms with Crippen molar-refractivity contribution in [3.8, 4) is 5.75 Å². The molecule has 12 heteroatoms. The zero-order valence-electron chi connectivity index (χ0n) is 26.0. The molecule has 9 nitrogen and oxygen atoms in total. The fraction of sp³-hybridized carbons (Fsp3) is 0.364. The Bertz CT molecular complexity index is 1610. The number of carbonyl (C=O) groups is 3. The molecule has 0 heterocycles. The molecule has 3 unspecified atom stereocenters. The Morgan fingerprint density at radius 3 is 1.98 bits per heavy atom. The summed E-state index contributed by atoms with van der Waals surface area (Å²) in [6.45, 7) is 9.73. The molecule has 0 saturated carbocycles. The number of hydrogen-bond acceptors (Lipinski definition) is 7. The molecule has 3 rings (SSSR count). The summed E-state index contributed by atoms with van der Waals surface area (Å²) in [5.41, 5.74) is 0.603. The van der Waals surface area contributed by atoms with Crippen molar-refractivity contribution in [2.24, 2.45) is 5.92 Å². The number of rotatable bonds is 14. The SMILES string of the molecule is CCC(C)CSc1ccc(S(=O)(=O)C(CC)C(=O)Nc2cc(O)c(NC(=O)c3ccc(C(=O)NC(C)CC)cc3)cc2Cl)cc1. The van der Waals surface area contributed by atoms with Crippen molar-refractivity contribution in [3.05, 3.63) is 76.8 Å². The van der Waals surface area contributed by atoms with Crippen LogP contribution in [0.2, 0.25) is 5.02 Å². The third-order valence-corrected chi connectivity index (χ3v) is 11.3. The van der Waals surface area contributed by atoms with E-state index in [0.717, 1.165) is 29.6 Å². The fourth-order valence-electron chi connectivity index (χ4n) is 4.14. The summed E-state index contributed by atoms with van der Waals surface area (Å²) in [4.78, 5) is 39.3. The molecule has 3 aromatic carbocycles. The second-order valence-corrected chi connectivity index (χ2v) is 14.5. The van der Waals surface area contributed by atoms with Gasteiger partial charge in [-0.3, -0.25) is 14.4 Å². The van der Waals surface area contributed by atoms with Gasteiger partial charge in [-0.2, -0.15) is 0 Å². The van der Waals surface area contributed by atoms with Gasteiger partial charge in [-0.05, 0) is 80.3 Å². The monoisotopic (exact) mass is 673 g/mol. The Morgan fingerprint density at radius 2 is 1.42 bits per heavy atom. The van der Waals surface area contributed by atoms with Crippen LogP contribution in [0, 0.1) is 5.92 Å². The van der Waals surface area contributed by atoms with E-state index in [1.54, 1.807) is 30.8 Å². The van der Waals surface area contributed by atoms with Crippen LogP contribution in [0.25, 0.3) is 0 Å². The Labute approximate surface area is 274 Å². The van der Waals surface area contributed by atoms with Crippen molar-refractivity contribution in [1.82, 2.24) is 5.32 Å². The lowest BCUT2D eigenvalue weighted by atomic mass is 10.1. The van der Waals surface area contributed by atoms with Crippen molar-refractivity contribution in [1.29, 1.82) is 0 Å². The Hall–Kier alpha value is -3.54. The second-order valence-electron chi connectivity index (χ2n) is 10.9. The van der Waals surface area contributed by atoms with E-state index in [9.17, 15) is 27.9 Å². The third kappa shape index (κ3) is 9.48. The number of nitrogens with one attached hydrogen (secondary N) is 3. The molecule has 0 fully saturated rings. The van der Waals surface area contributed by atoms with Gasteiger partial charge in [0.15, 0.2) is 9.84 Å². The van der Waals surface area contributed by atoms with Gasteiger partial charge in [-0.1, -0.05) is 45.7 Å². The summed E-state index contributed by atoms with van der Waals surface area (Å²) < 4.78 is 26.8. The first-order chi connectivity index (χ1) is 21.3. The van der Waals surface area contributed by atoms with Gasteiger partial charge in [-0.25, -0.2) is 8.42 Å². The van der Waals surface area contributed by atoms with Gasteiger partial charge in [0, 0.05) is 33.9 Å². The van der Waals surface area contributed by atoms with Crippen molar-refractivity contribution >= 4 is 62.3 Å². The largest absolute Gasteiger partial charge is 0.506 e. The lowest BCUT2D eigenvalue weighted by Gasteiger charge is -2.18. The lowest BCUT2D eigenvalue weighted by molar-refractivity contribution is -0.115. The lowest BCUT2D eigenvalue weighted by Crippen LogP contribution is -2.34. The number of hydrogen-bond donors (Lipinski definition) is 4. The first-order valence-electron chi connectivity index (χ1n) is 14.8. The minimum absolute atomic E-state index is 0.00844. The van der Waals surface area contributed by atoms with E-state index in [-0.39, 0.29) is 45.2 Å². The maximum Gasteiger partial charge on any atom is 0.255 e. The highest BCUT2D eigenvalue weighted by Crippen LogP contribution is 2.35. The van der Waals surface area contributed by atoms with Gasteiger partial charge in [0.05, 0.1) is 21.3 Å². The number of halogens is 1. The van der Waals surface area contributed by atoms with Gasteiger partial charge in [-0.15, -0.1) is 11.8 Å². The van der Waals surface area contributed by atoms with Crippen LogP contribution in [-0.4, -0.2) is 48.3 Å². The molecule has 0 saturated heterocycles. The van der Waals surface area contributed by atoms with Crippen LogP contribution in [-0.2, 0) is 14.6 Å². The number of anilines is 2.